The lowest BCUT2D eigenvalue weighted by atomic mass is 10.1. The van der Waals surface area contributed by atoms with Gasteiger partial charge in [-0.2, -0.15) is 5.10 Å². The van der Waals surface area contributed by atoms with E-state index in [0.29, 0.717) is 34.4 Å². The second kappa shape index (κ2) is 17.6. The average Bonchev–Trinajstić information content (AvgIpc) is 3.06. The molecule has 0 heterocycles. The van der Waals surface area contributed by atoms with Gasteiger partial charge in [0, 0.05) is 17.1 Å². The van der Waals surface area contributed by atoms with Gasteiger partial charge in [-0.25, -0.2) is 5.43 Å². The molecule has 12 heteroatoms. The molecule has 0 radical (unpaired) electrons. The second-order valence-electron chi connectivity index (χ2n) is 10.2. The summed E-state index contributed by atoms with van der Waals surface area (Å²) in [7, 11) is 0. The summed E-state index contributed by atoms with van der Waals surface area (Å²) in [5, 5.41) is 10.3. The van der Waals surface area contributed by atoms with Crippen LogP contribution in [0.3, 0.4) is 0 Å². The lowest BCUT2D eigenvalue weighted by Gasteiger charge is -2.21. The maximum absolute atomic E-state index is 13.3. The van der Waals surface area contributed by atoms with Crippen LogP contribution in [0.2, 0.25) is 10.0 Å². The number of nitrogens with zero attached hydrogens (tertiary/aromatic N) is 1. The smallest absolute Gasteiger partial charge is 0.262 e. The van der Waals surface area contributed by atoms with E-state index in [9.17, 15) is 14.4 Å². The maximum Gasteiger partial charge on any atom is 0.262 e. The zero-order valence-electron chi connectivity index (χ0n) is 25.7. The van der Waals surface area contributed by atoms with Crippen molar-refractivity contribution in [1.82, 2.24) is 10.7 Å². The van der Waals surface area contributed by atoms with Crippen LogP contribution in [0.15, 0.2) is 102 Å². The van der Waals surface area contributed by atoms with Gasteiger partial charge in [-0.1, -0.05) is 71.7 Å². The summed E-state index contributed by atoms with van der Waals surface area (Å²) in [5.41, 5.74) is 4.60. The molecule has 244 valence electrons. The van der Waals surface area contributed by atoms with Gasteiger partial charge in [0.15, 0.2) is 24.2 Å². The molecule has 0 aliphatic rings. The molecule has 4 aromatic rings. The molecule has 0 aliphatic carbocycles. The van der Waals surface area contributed by atoms with E-state index in [4.69, 9.17) is 37.4 Å². The van der Waals surface area contributed by atoms with Crippen molar-refractivity contribution in [2.45, 2.75) is 32.4 Å². The van der Waals surface area contributed by atoms with Crippen LogP contribution < -0.4 is 30.3 Å². The van der Waals surface area contributed by atoms with E-state index in [-0.39, 0.29) is 29.7 Å². The molecule has 0 bridgehead atoms. The number of halogens is 2. The van der Waals surface area contributed by atoms with Gasteiger partial charge in [0.25, 0.3) is 17.7 Å². The lowest BCUT2D eigenvalue weighted by molar-refractivity contribution is -0.132. The summed E-state index contributed by atoms with van der Waals surface area (Å²) < 4.78 is 17.1. The number of nitrogens with one attached hydrogen (secondary N) is 3. The van der Waals surface area contributed by atoms with Gasteiger partial charge in [-0.3, -0.25) is 14.4 Å². The number of carbonyl (C=O) groups is 3. The first-order valence-electron chi connectivity index (χ1n) is 14.7. The molecule has 3 amide bonds. The van der Waals surface area contributed by atoms with Crippen LogP contribution in [0.5, 0.6) is 17.2 Å². The Bertz CT molecular complexity index is 1690. The fraction of sp³-hybridized carbons (Fsp3) is 0.200. The number of hydrogen-bond donors (Lipinski definition) is 3. The Hall–Kier alpha value is -5.06. The zero-order chi connectivity index (χ0) is 33.6. The highest BCUT2D eigenvalue weighted by molar-refractivity contribution is 6.35. The van der Waals surface area contributed by atoms with Crippen molar-refractivity contribution in [3.05, 3.63) is 118 Å². The third-order valence-corrected chi connectivity index (χ3v) is 7.09. The first-order valence-corrected chi connectivity index (χ1v) is 15.5. The number of hydrogen-bond acceptors (Lipinski definition) is 7. The molecule has 0 aliphatic heterocycles. The standard InChI is InChI=1S/C35H34Cl2N4O6/c1-3-45-32-19-25(14-16-31(32)46-22-33(42)39-27-12-8-5-9-13-27)21-38-41-35(44)29(18-24-10-6-4-7-11-24)40-34(43)23(2)47-30-17-15-26(36)20-28(30)37/h4-17,19-21,23,29H,3,18,22H2,1-2H3,(H,39,42)(H,40,43)(H,41,44)/b38-21-/t23-,29-/m0/s1. The van der Waals surface area contributed by atoms with Crippen molar-refractivity contribution in [2.24, 2.45) is 5.10 Å². The SMILES string of the molecule is CCOc1cc(/C=N\NC(=O)[C@H](Cc2ccccc2)NC(=O)[C@H](C)Oc2ccc(Cl)cc2Cl)ccc1OCC(=O)Nc1ccccc1. The minimum atomic E-state index is -0.967. The number of amides is 3. The van der Waals surface area contributed by atoms with Crippen LogP contribution in [-0.4, -0.2) is 49.3 Å². The number of para-hydroxylation sites is 1. The number of anilines is 1. The average molecular weight is 678 g/mol. The third-order valence-electron chi connectivity index (χ3n) is 6.55. The van der Waals surface area contributed by atoms with E-state index < -0.39 is 24.0 Å². The molecule has 0 fully saturated rings. The van der Waals surface area contributed by atoms with Crippen molar-refractivity contribution >= 4 is 52.8 Å². The molecule has 3 N–H and O–H groups in total. The van der Waals surface area contributed by atoms with E-state index in [1.54, 1.807) is 49.4 Å². The highest BCUT2D eigenvalue weighted by atomic mass is 35.5. The van der Waals surface area contributed by atoms with Gasteiger partial charge in [0.1, 0.15) is 11.8 Å². The minimum Gasteiger partial charge on any atom is -0.490 e. The van der Waals surface area contributed by atoms with E-state index in [0.717, 1.165) is 5.56 Å². The van der Waals surface area contributed by atoms with Gasteiger partial charge in [0.2, 0.25) is 0 Å². The number of carbonyl (C=O) groups excluding carboxylic acids is 3. The summed E-state index contributed by atoms with van der Waals surface area (Å²) in [6, 6.07) is 27.1. The summed E-state index contributed by atoms with van der Waals surface area (Å²) in [6.45, 7) is 3.51. The Morgan fingerprint density at radius 3 is 2.23 bits per heavy atom. The van der Waals surface area contributed by atoms with Gasteiger partial charge in [0.05, 0.1) is 17.8 Å². The largest absolute Gasteiger partial charge is 0.490 e. The minimum absolute atomic E-state index is 0.209. The fourth-order valence-corrected chi connectivity index (χ4v) is 4.72. The Morgan fingerprint density at radius 1 is 0.830 bits per heavy atom. The summed E-state index contributed by atoms with van der Waals surface area (Å²) in [5.74, 6) is -0.322. The molecular formula is C35H34Cl2N4O6. The molecule has 4 aromatic carbocycles. The quantitative estimate of drug-likeness (QED) is 0.104. The molecule has 4 rings (SSSR count). The number of rotatable bonds is 15. The molecular weight excluding hydrogens is 643 g/mol. The Balaban J connectivity index is 1.39. The molecule has 0 saturated heterocycles. The Kier molecular flexibility index (Phi) is 13.0. The van der Waals surface area contributed by atoms with E-state index in [1.165, 1.54) is 12.3 Å². The van der Waals surface area contributed by atoms with Crippen molar-refractivity contribution in [1.29, 1.82) is 0 Å². The Morgan fingerprint density at radius 2 is 1.53 bits per heavy atom. The first-order chi connectivity index (χ1) is 22.7. The van der Waals surface area contributed by atoms with Gasteiger partial charge < -0.3 is 24.8 Å². The van der Waals surface area contributed by atoms with E-state index in [2.05, 4.69) is 21.2 Å². The summed E-state index contributed by atoms with van der Waals surface area (Å²) >= 11 is 12.1. The van der Waals surface area contributed by atoms with Gasteiger partial charge in [-0.15, -0.1) is 0 Å². The normalized spacial score (nSPS) is 12.1. The zero-order valence-corrected chi connectivity index (χ0v) is 27.3. The van der Waals surface area contributed by atoms with Crippen LogP contribution in [0, 0.1) is 0 Å². The van der Waals surface area contributed by atoms with Crippen LogP contribution >= 0.6 is 23.2 Å². The Labute approximate surface area is 283 Å². The molecule has 0 saturated carbocycles. The van der Waals surface area contributed by atoms with Crippen LogP contribution in [0.1, 0.15) is 25.0 Å². The van der Waals surface area contributed by atoms with Crippen molar-refractivity contribution in [3.63, 3.8) is 0 Å². The number of ether oxygens (including phenoxy) is 3. The fourth-order valence-electron chi connectivity index (χ4n) is 4.27. The second-order valence-corrected chi connectivity index (χ2v) is 11.0. The van der Waals surface area contributed by atoms with Crippen molar-refractivity contribution < 1.29 is 28.6 Å². The van der Waals surface area contributed by atoms with E-state index in [1.807, 2.05) is 55.5 Å². The van der Waals surface area contributed by atoms with Gasteiger partial charge >= 0.3 is 0 Å². The lowest BCUT2D eigenvalue weighted by Crippen LogP contribution is -2.50. The van der Waals surface area contributed by atoms with E-state index >= 15 is 0 Å². The molecule has 2 atom stereocenters. The number of hydrazone groups is 1. The molecule has 0 spiro atoms. The summed E-state index contributed by atoms with van der Waals surface area (Å²) in [6.07, 6.45) is 0.674. The topological polar surface area (TPSA) is 127 Å². The van der Waals surface area contributed by atoms with Crippen LogP contribution in [0.25, 0.3) is 0 Å². The van der Waals surface area contributed by atoms with Gasteiger partial charge in [-0.05, 0) is 73.5 Å². The maximum atomic E-state index is 13.3. The van der Waals surface area contributed by atoms with Crippen LogP contribution in [-0.2, 0) is 20.8 Å². The highest BCUT2D eigenvalue weighted by Gasteiger charge is 2.25. The first kappa shape index (κ1) is 34.8. The predicted molar refractivity (Wildman–Crippen MR) is 183 cm³/mol. The third kappa shape index (κ3) is 11.1. The molecule has 47 heavy (non-hydrogen) atoms. The molecule has 10 nitrogen and oxygen atoms in total. The monoisotopic (exact) mass is 676 g/mol. The predicted octanol–water partition coefficient (Wildman–Crippen LogP) is 6.05. The van der Waals surface area contributed by atoms with Crippen molar-refractivity contribution in [3.8, 4) is 17.2 Å². The highest BCUT2D eigenvalue weighted by Crippen LogP contribution is 2.29. The molecule has 0 unspecified atom stereocenters. The summed E-state index contributed by atoms with van der Waals surface area (Å²) in [4.78, 5) is 38.6. The van der Waals surface area contributed by atoms with Crippen molar-refractivity contribution in [2.75, 3.05) is 18.5 Å². The molecule has 0 aromatic heterocycles. The number of benzene rings is 4. The van der Waals surface area contributed by atoms with Crippen LogP contribution in [0.4, 0.5) is 5.69 Å².